The van der Waals surface area contributed by atoms with Gasteiger partial charge >= 0.3 is 5.97 Å². The van der Waals surface area contributed by atoms with Crippen LogP contribution in [0, 0.1) is 0 Å². The minimum atomic E-state index is -1.32. The van der Waals surface area contributed by atoms with Crippen molar-refractivity contribution in [2.45, 2.75) is 90.1 Å². The molecule has 3 N–H and O–H groups in total. The van der Waals surface area contributed by atoms with Gasteiger partial charge in [0.1, 0.15) is 17.8 Å². The molecule has 1 aliphatic heterocycles. The normalized spacial score (nSPS) is 14.0. The fourth-order valence-electron chi connectivity index (χ4n) is 6.51. The molecule has 3 amide bonds. The van der Waals surface area contributed by atoms with Crippen LogP contribution >= 0.6 is 0 Å². The molecule has 1 aliphatic rings. The lowest BCUT2D eigenvalue weighted by Gasteiger charge is -2.31. The Kier molecular flexibility index (Phi) is 15.3. The maximum absolute atomic E-state index is 13.9. The monoisotopic (exact) mass is 777 g/mol. The van der Waals surface area contributed by atoms with Gasteiger partial charge in [-0.2, -0.15) is 0 Å². The molecule has 1 unspecified atom stereocenters. The van der Waals surface area contributed by atoms with E-state index in [9.17, 15) is 24.3 Å². The van der Waals surface area contributed by atoms with Crippen LogP contribution in [0.4, 0.5) is 0 Å². The van der Waals surface area contributed by atoms with Gasteiger partial charge in [0.15, 0.2) is 5.82 Å². The number of hydrogen-bond donors (Lipinski definition) is 3. The van der Waals surface area contributed by atoms with E-state index in [0.717, 1.165) is 40.0 Å². The van der Waals surface area contributed by atoms with E-state index in [4.69, 9.17) is 9.47 Å². The Balaban J connectivity index is 1.27. The lowest BCUT2D eigenvalue weighted by Crippen LogP contribution is -2.56. The summed E-state index contributed by atoms with van der Waals surface area (Å²) < 4.78 is 11.2. The van der Waals surface area contributed by atoms with Crippen molar-refractivity contribution in [2.75, 3.05) is 32.9 Å². The number of amides is 3. The summed E-state index contributed by atoms with van der Waals surface area (Å²) in [5.74, 6) is -1.54. The minimum absolute atomic E-state index is 0.0713. The Labute approximate surface area is 335 Å². The highest BCUT2D eigenvalue weighted by atomic mass is 16.5. The molecule has 3 aromatic carbocycles. The predicted molar refractivity (Wildman–Crippen MR) is 219 cm³/mol. The largest absolute Gasteiger partial charge is 0.494 e. The first kappa shape index (κ1) is 42.5. The zero-order chi connectivity index (χ0) is 40.8. The molecule has 57 heavy (non-hydrogen) atoms. The van der Waals surface area contributed by atoms with Gasteiger partial charge in [0.25, 0.3) is 5.91 Å². The van der Waals surface area contributed by atoms with Crippen LogP contribution in [0.2, 0.25) is 0 Å². The van der Waals surface area contributed by atoms with E-state index in [1.165, 1.54) is 30.6 Å². The highest BCUT2D eigenvalue weighted by Gasteiger charge is 2.32. The quantitative estimate of drug-likeness (QED) is 0.0945. The smallest absolute Gasteiger partial charge is 0.305 e. The summed E-state index contributed by atoms with van der Waals surface area (Å²) in [5, 5.41) is 15.1. The molecule has 12 nitrogen and oxygen atoms in total. The molecule has 1 saturated heterocycles. The summed E-state index contributed by atoms with van der Waals surface area (Å²) in [7, 11) is 0. The fraction of sp³-hybridized carbons (Fsp3) is 0.422. The number of rotatable bonds is 18. The Morgan fingerprint density at radius 1 is 0.789 bits per heavy atom. The van der Waals surface area contributed by atoms with Gasteiger partial charge in [0.2, 0.25) is 11.8 Å². The highest BCUT2D eigenvalue weighted by molar-refractivity contribution is 5.99. The first-order valence-electron chi connectivity index (χ1n) is 19.9. The van der Waals surface area contributed by atoms with Crippen LogP contribution in [0.1, 0.15) is 87.7 Å². The molecule has 1 aromatic heterocycles. The number of carbonyl (C=O) groups excluding carboxylic acids is 3. The van der Waals surface area contributed by atoms with Crippen LogP contribution in [0.5, 0.6) is 5.75 Å². The number of benzene rings is 3. The summed E-state index contributed by atoms with van der Waals surface area (Å²) in [6.45, 7) is 10.4. The Hall–Kier alpha value is -5.62. The number of aromatic nitrogens is 2. The third-order valence-electron chi connectivity index (χ3n) is 9.96. The van der Waals surface area contributed by atoms with Gasteiger partial charge in [0, 0.05) is 48.6 Å². The summed E-state index contributed by atoms with van der Waals surface area (Å²) in [6, 6.07) is 20.0. The highest BCUT2D eigenvalue weighted by Crippen LogP contribution is 2.25. The molecule has 302 valence electrons. The number of unbranched alkanes of at least 4 members (excludes halogenated alkanes) is 4. The molecule has 0 radical (unpaired) electrons. The van der Waals surface area contributed by atoms with E-state index < -0.39 is 42.2 Å². The molecular formula is C45H55N5O7. The van der Waals surface area contributed by atoms with Crippen molar-refractivity contribution in [1.82, 2.24) is 25.5 Å². The topological polar surface area (TPSA) is 160 Å². The van der Waals surface area contributed by atoms with Gasteiger partial charge in [0.05, 0.1) is 26.2 Å². The zero-order valence-electron chi connectivity index (χ0n) is 33.5. The molecule has 2 atom stereocenters. The molecule has 0 spiro atoms. The third kappa shape index (κ3) is 12.7. The van der Waals surface area contributed by atoms with Crippen LogP contribution in [0.25, 0.3) is 22.5 Å². The number of carboxylic acid groups (broad SMARTS) is 1. The SMILES string of the molecule is CCCCCCCOc1ccc(-c2cnc(-c3ccc(C[C@H](NC(=O)c4ccc(C(C)(C)C)cc4)C(=O)NC(CC(=O)O)C(=O)N4CCOCC4)cc3)nc2)cc1. The van der Waals surface area contributed by atoms with Gasteiger partial charge in [-0.1, -0.05) is 102 Å². The average Bonchev–Trinajstić information content (AvgIpc) is 3.21. The number of carbonyl (C=O) groups is 4. The lowest BCUT2D eigenvalue weighted by molar-refractivity contribution is -0.145. The molecule has 1 fully saturated rings. The number of hydrogen-bond acceptors (Lipinski definition) is 8. The molecule has 5 rings (SSSR count). The van der Waals surface area contributed by atoms with Gasteiger partial charge in [-0.05, 0) is 52.8 Å². The van der Waals surface area contributed by atoms with Crippen LogP contribution < -0.4 is 15.4 Å². The molecular weight excluding hydrogens is 723 g/mol. The van der Waals surface area contributed by atoms with Gasteiger partial charge in [-0.15, -0.1) is 0 Å². The van der Waals surface area contributed by atoms with Gasteiger partial charge in [-0.25, -0.2) is 9.97 Å². The van der Waals surface area contributed by atoms with Crippen molar-refractivity contribution in [3.8, 4) is 28.3 Å². The van der Waals surface area contributed by atoms with Gasteiger partial charge in [-0.3, -0.25) is 19.2 Å². The maximum Gasteiger partial charge on any atom is 0.305 e. The second kappa shape index (κ2) is 20.5. The van der Waals surface area contributed by atoms with Crippen LogP contribution in [0.15, 0.2) is 85.2 Å². The lowest BCUT2D eigenvalue weighted by atomic mass is 9.86. The summed E-state index contributed by atoms with van der Waals surface area (Å²) in [6.07, 6.45) is 8.96. The second-order valence-corrected chi connectivity index (χ2v) is 15.4. The molecule has 0 bridgehead atoms. The number of morpholine rings is 1. The van der Waals surface area contributed by atoms with E-state index in [1.54, 1.807) is 24.5 Å². The fourth-order valence-corrected chi connectivity index (χ4v) is 6.51. The summed E-state index contributed by atoms with van der Waals surface area (Å²) in [5.41, 5.74) is 4.62. The summed E-state index contributed by atoms with van der Waals surface area (Å²) in [4.78, 5) is 63.2. The zero-order valence-corrected chi connectivity index (χ0v) is 33.5. The van der Waals surface area contributed by atoms with E-state index in [-0.39, 0.29) is 24.9 Å². The van der Waals surface area contributed by atoms with Crippen molar-refractivity contribution < 1.29 is 33.8 Å². The molecule has 2 heterocycles. The number of aliphatic carboxylic acids is 1. The summed E-state index contributed by atoms with van der Waals surface area (Å²) >= 11 is 0. The second-order valence-electron chi connectivity index (χ2n) is 15.4. The number of ether oxygens (including phenoxy) is 2. The van der Waals surface area contributed by atoms with E-state index >= 15 is 0 Å². The van der Waals surface area contributed by atoms with Crippen molar-refractivity contribution in [3.63, 3.8) is 0 Å². The Morgan fingerprint density at radius 2 is 1.42 bits per heavy atom. The number of nitrogens with zero attached hydrogens (tertiary/aromatic N) is 3. The van der Waals surface area contributed by atoms with Crippen LogP contribution in [0.3, 0.4) is 0 Å². The molecule has 12 heteroatoms. The van der Waals surface area contributed by atoms with E-state index in [2.05, 4.69) is 48.3 Å². The first-order valence-corrected chi connectivity index (χ1v) is 19.9. The molecule has 4 aromatic rings. The van der Waals surface area contributed by atoms with Crippen molar-refractivity contribution >= 4 is 23.7 Å². The third-order valence-corrected chi connectivity index (χ3v) is 9.96. The maximum atomic E-state index is 13.9. The van der Waals surface area contributed by atoms with Crippen LogP contribution in [-0.2, 0) is 31.0 Å². The minimum Gasteiger partial charge on any atom is -0.494 e. The van der Waals surface area contributed by atoms with Gasteiger partial charge < -0.3 is 30.1 Å². The van der Waals surface area contributed by atoms with Crippen LogP contribution in [-0.4, -0.2) is 88.7 Å². The van der Waals surface area contributed by atoms with E-state index in [0.29, 0.717) is 31.2 Å². The molecule has 0 aliphatic carbocycles. The predicted octanol–water partition coefficient (Wildman–Crippen LogP) is 6.62. The number of nitrogens with one attached hydrogen (secondary N) is 2. The average molecular weight is 778 g/mol. The van der Waals surface area contributed by atoms with Crippen molar-refractivity contribution in [3.05, 3.63) is 102 Å². The standard InChI is InChI=1S/C45H55N5O7/c1-5-6-7-8-9-24-57-37-20-16-32(17-21-37)35-29-46-41(47-30-35)33-12-10-31(11-13-33)27-38(48-42(53)34-14-18-36(19-15-34)45(2,3)4)43(54)49-39(28-40(51)52)44(55)50-22-25-56-26-23-50/h10-21,29-30,38-39H,5-9,22-28H2,1-4H3,(H,48,53)(H,49,54)(H,51,52)/t38-,39?/m0/s1. The van der Waals surface area contributed by atoms with E-state index in [1.807, 2.05) is 60.7 Å². The Bertz CT molecular complexity index is 1920. The number of carboxylic acids is 1. The first-order chi connectivity index (χ1) is 27.4. The van der Waals surface area contributed by atoms with Crippen molar-refractivity contribution in [2.24, 2.45) is 0 Å². The Morgan fingerprint density at radius 3 is 2.04 bits per heavy atom. The van der Waals surface area contributed by atoms with Crippen molar-refractivity contribution in [1.29, 1.82) is 0 Å². The molecule has 0 saturated carbocycles.